The van der Waals surface area contributed by atoms with Crippen LogP contribution in [0.4, 0.5) is 5.69 Å². The third kappa shape index (κ3) is 5.40. The number of aromatic nitrogens is 1. The average Bonchev–Trinajstić information content (AvgIpc) is 2.75. The van der Waals surface area contributed by atoms with Crippen molar-refractivity contribution in [1.82, 2.24) is 9.88 Å². The molecule has 0 aliphatic heterocycles. The largest absolute Gasteiger partial charge is 0.508 e. The van der Waals surface area contributed by atoms with Crippen LogP contribution in [0.5, 0.6) is 5.75 Å². The minimum atomic E-state index is 0. The first-order valence-electron chi connectivity index (χ1n) is 11.0. The summed E-state index contributed by atoms with van der Waals surface area (Å²) in [6.07, 6.45) is 6.32. The summed E-state index contributed by atoms with van der Waals surface area (Å²) in [5.41, 5.74) is 4.46. The number of phenols is 1. The van der Waals surface area contributed by atoms with Crippen molar-refractivity contribution >= 4 is 34.8 Å². The van der Waals surface area contributed by atoms with Gasteiger partial charge in [0.25, 0.3) is 0 Å². The fourth-order valence-electron chi connectivity index (χ4n) is 4.66. The van der Waals surface area contributed by atoms with E-state index in [1.807, 2.05) is 24.3 Å². The molecule has 2 N–H and O–H groups in total. The highest BCUT2D eigenvalue weighted by molar-refractivity contribution is 6.07. The van der Waals surface area contributed by atoms with Crippen molar-refractivity contribution < 1.29 is 9.90 Å². The Morgan fingerprint density at radius 3 is 2.34 bits per heavy atom. The quantitative estimate of drug-likeness (QED) is 0.464. The van der Waals surface area contributed by atoms with Gasteiger partial charge in [0, 0.05) is 24.2 Å². The van der Waals surface area contributed by atoms with Gasteiger partial charge in [-0.15, -0.1) is 12.4 Å². The van der Waals surface area contributed by atoms with Crippen molar-refractivity contribution in [3.05, 3.63) is 54.2 Å². The van der Waals surface area contributed by atoms with E-state index in [4.69, 9.17) is 0 Å². The predicted octanol–water partition coefficient (Wildman–Crippen LogP) is 5.76. The number of anilines is 1. The van der Waals surface area contributed by atoms with Crippen LogP contribution in [-0.2, 0) is 0 Å². The molecule has 170 valence electrons. The van der Waals surface area contributed by atoms with Gasteiger partial charge >= 0.3 is 0 Å². The minimum absolute atomic E-state index is 0. The summed E-state index contributed by atoms with van der Waals surface area (Å²) in [7, 11) is 4.27. The normalized spacial score (nSPS) is 18.4. The van der Waals surface area contributed by atoms with Crippen LogP contribution in [0.3, 0.4) is 0 Å². The topological polar surface area (TPSA) is 65.5 Å². The van der Waals surface area contributed by atoms with Crippen LogP contribution in [0.15, 0.2) is 48.7 Å². The summed E-state index contributed by atoms with van der Waals surface area (Å²) < 4.78 is 0. The van der Waals surface area contributed by atoms with Crippen molar-refractivity contribution in [2.75, 3.05) is 26.0 Å². The zero-order valence-corrected chi connectivity index (χ0v) is 19.8. The number of phenolic OH excluding ortho intramolecular Hbond substituents is 1. The van der Waals surface area contributed by atoms with Crippen LogP contribution >= 0.6 is 12.4 Å². The lowest BCUT2D eigenvalue weighted by Gasteiger charge is -2.32. The average molecular weight is 454 g/mol. The number of ketones is 1. The zero-order valence-electron chi connectivity index (χ0n) is 19.0. The van der Waals surface area contributed by atoms with E-state index in [0.29, 0.717) is 11.6 Å². The van der Waals surface area contributed by atoms with Crippen molar-refractivity contribution in [1.29, 1.82) is 0 Å². The monoisotopic (exact) mass is 453 g/mol. The highest BCUT2D eigenvalue weighted by atomic mass is 35.5. The summed E-state index contributed by atoms with van der Waals surface area (Å²) in [5, 5.41) is 14.3. The molecule has 0 spiro atoms. The number of nitrogens with one attached hydrogen (secondary N) is 1. The smallest absolute Gasteiger partial charge is 0.163 e. The third-order valence-electron chi connectivity index (χ3n) is 6.27. The fourth-order valence-corrected chi connectivity index (χ4v) is 4.66. The number of Topliss-reactive ketones (excluding diaryl/α,β-unsaturated/α-hetero) is 1. The number of pyridine rings is 1. The SMILES string of the molecule is CC(=O)c1cnc2ccc(-c3ccc(O)cc3)cc2c1NC1CCC(CN(C)C)CC1.Cl. The van der Waals surface area contributed by atoms with Gasteiger partial charge in [-0.3, -0.25) is 9.78 Å². The standard InChI is InChI=1S/C26H31N3O2.ClH/c1-17(30)24-15-27-25-13-8-20(19-6-11-22(31)12-7-19)14-23(25)26(24)28-21-9-4-18(5-10-21)16-29(2)3;/h6-8,11-15,18,21,31H,4-5,9-10,16H2,1-3H3,(H,27,28);1H. The van der Waals surface area contributed by atoms with Gasteiger partial charge in [-0.25, -0.2) is 0 Å². The third-order valence-corrected chi connectivity index (χ3v) is 6.27. The lowest BCUT2D eigenvalue weighted by atomic mass is 9.85. The number of halogens is 1. The molecule has 0 saturated heterocycles. The Bertz CT molecular complexity index is 1070. The molecule has 3 aromatic rings. The Hall–Kier alpha value is -2.63. The van der Waals surface area contributed by atoms with Crippen LogP contribution in [0.2, 0.25) is 0 Å². The van der Waals surface area contributed by atoms with E-state index in [0.717, 1.165) is 53.0 Å². The van der Waals surface area contributed by atoms with Crippen LogP contribution in [0.25, 0.3) is 22.0 Å². The van der Waals surface area contributed by atoms with Crippen molar-refractivity contribution in [3.63, 3.8) is 0 Å². The number of benzene rings is 2. The summed E-state index contributed by atoms with van der Waals surface area (Å²) in [4.78, 5) is 19.2. The zero-order chi connectivity index (χ0) is 22.0. The van der Waals surface area contributed by atoms with Gasteiger partial charge in [-0.2, -0.15) is 0 Å². The molecule has 1 saturated carbocycles. The number of rotatable bonds is 6. The molecule has 6 heteroatoms. The molecular formula is C26H32ClN3O2. The van der Waals surface area contributed by atoms with E-state index >= 15 is 0 Å². The fraction of sp³-hybridized carbons (Fsp3) is 0.385. The van der Waals surface area contributed by atoms with Crippen LogP contribution in [-0.4, -0.2) is 47.5 Å². The number of nitrogens with zero attached hydrogens (tertiary/aromatic N) is 2. The Morgan fingerprint density at radius 1 is 1.06 bits per heavy atom. The molecule has 1 fully saturated rings. The molecule has 1 aromatic heterocycles. The van der Waals surface area contributed by atoms with E-state index in [-0.39, 0.29) is 23.9 Å². The van der Waals surface area contributed by atoms with Gasteiger partial charge in [0.15, 0.2) is 5.78 Å². The Labute approximate surface area is 196 Å². The van der Waals surface area contributed by atoms with E-state index in [2.05, 4.69) is 35.4 Å². The van der Waals surface area contributed by atoms with Gasteiger partial charge < -0.3 is 15.3 Å². The number of carbonyl (C=O) groups is 1. The minimum Gasteiger partial charge on any atom is -0.508 e. The Morgan fingerprint density at radius 2 is 1.72 bits per heavy atom. The second-order valence-electron chi connectivity index (χ2n) is 9.01. The predicted molar refractivity (Wildman–Crippen MR) is 134 cm³/mol. The lowest BCUT2D eigenvalue weighted by Crippen LogP contribution is -2.31. The van der Waals surface area contributed by atoms with Crippen LogP contribution in [0.1, 0.15) is 43.0 Å². The number of aromatic hydroxyl groups is 1. The molecule has 1 aliphatic rings. The molecule has 0 atom stereocenters. The van der Waals surface area contributed by atoms with Crippen molar-refractivity contribution in [2.24, 2.45) is 5.92 Å². The first kappa shape index (κ1) is 24.0. The maximum Gasteiger partial charge on any atom is 0.163 e. The highest BCUT2D eigenvalue weighted by Gasteiger charge is 2.23. The molecule has 1 aliphatic carbocycles. The highest BCUT2D eigenvalue weighted by Crippen LogP contribution is 2.34. The number of hydrogen-bond donors (Lipinski definition) is 2. The van der Waals surface area contributed by atoms with E-state index in [9.17, 15) is 9.90 Å². The molecule has 0 radical (unpaired) electrons. The molecule has 1 heterocycles. The molecule has 5 nitrogen and oxygen atoms in total. The maximum absolute atomic E-state index is 12.4. The van der Waals surface area contributed by atoms with Gasteiger partial charge in [-0.05, 0) is 88.0 Å². The first-order valence-corrected chi connectivity index (χ1v) is 11.0. The van der Waals surface area contributed by atoms with Crippen molar-refractivity contribution in [2.45, 2.75) is 38.6 Å². The van der Waals surface area contributed by atoms with E-state index in [1.165, 1.54) is 12.8 Å². The molecule has 0 unspecified atom stereocenters. The molecule has 2 aromatic carbocycles. The summed E-state index contributed by atoms with van der Waals surface area (Å²) in [5.74, 6) is 1.01. The molecule has 0 bridgehead atoms. The lowest BCUT2D eigenvalue weighted by molar-refractivity contribution is 0.101. The summed E-state index contributed by atoms with van der Waals surface area (Å²) >= 11 is 0. The molecule has 4 rings (SSSR count). The van der Waals surface area contributed by atoms with Crippen molar-refractivity contribution in [3.8, 4) is 16.9 Å². The summed E-state index contributed by atoms with van der Waals surface area (Å²) in [6, 6.07) is 13.7. The van der Waals surface area contributed by atoms with Gasteiger partial charge in [0.2, 0.25) is 0 Å². The van der Waals surface area contributed by atoms with Gasteiger partial charge in [0.05, 0.1) is 16.8 Å². The Balaban J connectivity index is 0.00000289. The Kier molecular flexibility index (Phi) is 7.75. The van der Waals surface area contributed by atoms with E-state index in [1.54, 1.807) is 25.3 Å². The number of carbonyl (C=O) groups excluding carboxylic acids is 1. The number of fused-ring (bicyclic) bond motifs is 1. The maximum atomic E-state index is 12.4. The molecule has 32 heavy (non-hydrogen) atoms. The summed E-state index contributed by atoms with van der Waals surface area (Å²) in [6.45, 7) is 2.74. The molecule has 0 amide bonds. The second-order valence-corrected chi connectivity index (χ2v) is 9.01. The van der Waals surface area contributed by atoms with E-state index < -0.39 is 0 Å². The van der Waals surface area contributed by atoms with Crippen LogP contribution in [0, 0.1) is 5.92 Å². The van der Waals surface area contributed by atoms with Crippen LogP contribution < -0.4 is 5.32 Å². The molecular weight excluding hydrogens is 422 g/mol. The second kappa shape index (κ2) is 10.3. The van der Waals surface area contributed by atoms with Gasteiger partial charge in [-0.1, -0.05) is 18.2 Å². The van der Waals surface area contributed by atoms with Gasteiger partial charge in [0.1, 0.15) is 5.75 Å². The first-order chi connectivity index (χ1) is 14.9. The number of hydrogen-bond acceptors (Lipinski definition) is 5.